The van der Waals surface area contributed by atoms with Crippen molar-refractivity contribution in [3.8, 4) is 0 Å². The second-order valence-corrected chi connectivity index (χ2v) is 7.73. The van der Waals surface area contributed by atoms with Gasteiger partial charge in [-0.25, -0.2) is 0 Å². The first-order valence-corrected chi connectivity index (χ1v) is 10.4. The minimum Gasteiger partial charge on any atom is -0.368 e. The monoisotopic (exact) mass is 405 g/mol. The number of carbonyl (C=O) groups excluding carboxylic acids is 2. The smallest absolute Gasteiger partial charge is 0.267 e. The second kappa shape index (κ2) is 9.09. The number of primary amides is 1. The van der Waals surface area contributed by atoms with E-state index in [1.165, 1.54) is 18.4 Å². The van der Waals surface area contributed by atoms with Crippen molar-refractivity contribution in [3.05, 3.63) is 66.2 Å². The molecule has 156 valence electrons. The van der Waals surface area contributed by atoms with Gasteiger partial charge >= 0.3 is 0 Å². The fourth-order valence-corrected chi connectivity index (χ4v) is 4.17. The van der Waals surface area contributed by atoms with E-state index in [0.29, 0.717) is 12.3 Å². The standard InChI is InChI=1S/C23H27N5O2/c24-22(29)20-15-19(26-28(20)18-11-5-2-6-12-18)23(30)25-16-21(27-13-7-8-14-27)17-9-3-1-4-10-17/h1-6,9-12,20-21H,7-8,13-16H2,(H2,24,29)(H,25,30). The summed E-state index contributed by atoms with van der Waals surface area (Å²) < 4.78 is 0. The molecule has 0 spiro atoms. The van der Waals surface area contributed by atoms with E-state index < -0.39 is 11.9 Å². The van der Waals surface area contributed by atoms with Crippen molar-refractivity contribution >= 4 is 23.2 Å². The van der Waals surface area contributed by atoms with Gasteiger partial charge in [-0.2, -0.15) is 5.10 Å². The van der Waals surface area contributed by atoms with Gasteiger partial charge in [0.2, 0.25) is 5.91 Å². The topological polar surface area (TPSA) is 91.0 Å². The number of nitrogens with zero attached hydrogens (tertiary/aromatic N) is 3. The molecule has 2 aliphatic rings. The first kappa shape index (κ1) is 20.1. The molecule has 0 bridgehead atoms. The lowest BCUT2D eigenvalue weighted by atomic mass is 10.1. The highest BCUT2D eigenvalue weighted by Crippen LogP contribution is 2.26. The molecule has 0 aliphatic carbocycles. The maximum absolute atomic E-state index is 12.9. The normalized spacial score (nSPS) is 20.1. The van der Waals surface area contributed by atoms with Gasteiger partial charge < -0.3 is 11.1 Å². The molecule has 7 heteroatoms. The van der Waals surface area contributed by atoms with E-state index in [9.17, 15) is 9.59 Å². The molecular weight excluding hydrogens is 378 g/mol. The molecule has 3 N–H and O–H groups in total. The van der Waals surface area contributed by atoms with Crippen LogP contribution in [0.4, 0.5) is 5.69 Å². The second-order valence-electron chi connectivity index (χ2n) is 7.73. The Morgan fingerprint density at radius 3 is 2.30 bits per heavy atom. The molecule has 2 aliphatic heterocycles. The maximum Gasteiger partial charge on any atom is 0.267 e. The summed E-state index contributed by atoms with van der Waals surface area (Å²) in [7, 11) is 0. The van der Waals surface area contributed by atoms with Gasteiger partial charge in [-0.1, -0.05) is 48.5 Å². The Balaban J connectivity index is 1.47. The molecule has 2 unspecified atom stereocenters. The molecule has 0 radical (unpaired) electrons. The van der Waals surface area contributed by atoms with Gasteiger partial charge in [0.05, 0.1) is 11.7 Å². The zero-order valence-corrected chi connectivity index (χ0v) is 16.9. The molecule has 0 saturated carbocycles. The number of benzene rings is 2. The molecule has 30 heavy (non-hydrogen) atoms. The van der Waals surface area contributed by atoms with Crippen LogP contribution in [0.15, 0.2) is 65.8 Å². The first-order valence-electron chi connectivity index (χ1n) is 10.4. The predicted molar refractivity (Wildman–Crippen MR) is 117 cm³/mol. The summed E-state index contributed by atoms with van der Waals surface area (Å²) in [4.78, 5) is 27.3. The number of hydrogen-bond acceptors (Lipinski definition) is 5. The predicted octanol–water partition coefficient (Wildman–Crippen LogP) is 2.06. The average Bonchev–Trinajstić information content (AvgIpc) is 3.46. The highest BCUT2D eigenvalue weighted by molar-refractivity contribution is 6.40. The van der Waals surface area contributed by atoms with Crippen LogP contribution < -0.4 is 16.1 Å². The number of rotatable bonds is 7. The van der Waals surface area contributed by atoms with Gasteiger partial charge in [-0.15, -0.1) is 0 Å². The van der Waals surface area contributed by atoms with Crippen molar-refractivity contribution in [2.45, 2.75) is 31.3 Å². The Bertz CT molecular complexity index is 910. The number of para-hydroxylation sites is 1. The molecule has 2 atom stereocenters. The van der Waals surface area contributed by atoms with E-state index in [4.69, 9.17) is 5.73 Å². The van der Waals surface area contributed by atoms with Crippen LogP contribution in [-0.4, -0.2) is 48.1 Å². The quantitative estimate of drug-likeness (QED) is 0.738. The summed E-state index contributed by atoms with van der Waals surface area (Å²) in [6, 6.07) is 19.0. The molecular formula is C23H27N5O2. The van der Waals surface area contributed by atoms with Crippen molar-refractivity contribution in [3.63, 3.8) is 0 Å². The Kier molecular flexibility index (Phi) is 6.09. The fourth-order valence-electron chi connectivity index (χ4n) is 4.17. The molecule has 2 amide bonds. The lowest BCUT2D eigenvalue weighted by Crippen LogP contribution is -2.41. The third-order valence-corrected chi connectivity index (χ3v) is 5.74. The third-order valence-electron chi connectivity index (χ3n) is 5.74. The van der Waals surface area contributed by atoms with Crippen molar-refractivity contribution in [1.29, 1.82) is 0 Å². The maximum atomic E-state index is 12.9. The molecule has 2 aromatic carbocycles. The van der Waals surface area contributed by atoms with Crippen LogP contribution in [0.5, 0.6) is 0 Å². The van der Waals surface area contributed by atoms with Gasteiger partial charge in [0.15, 0.2) is 0 Å². The van der Waals surface area contributed by atoms with E-state index in [1.54, 1.807) is 5.01 Å². The van der Waals surface area contributed by atoms with E-state index >= 15 is 0 Å². The third kappa shape index (κ3) is 4.36. The summed E-state index contributed by atoms with van der Waals surface area (Å²) in [5.41, 5.74) is 7.83. The fraction of sp³-hybridized carbons (Fsp3) is 0.348. The van der Waals surface area contributed by atoms with Crippen LogP contribution in [0.25, 0.3) is 0 Å². The number of likely N-dealkylation sites (tertiary alicyclic amines) is 1. The Morgan fingerprint density at radius 1 is 1.03 bits per heavy atom. The average molecular weight is 406 g/mol. The van der Waals surface area contributed by atoms with Crippen molar-refractivity contribution in [2.75, 3.05) is 24.6 Å². The van der Waals surface area contributed by atoms with Gasteiger partial charge in [0.1, 0.15) is 11.8 Å². The molecule has 7 nitrogen and oxygen atoms in total. The van der Waals surface area contributed by atoms with Gasteiger partial charge in [-0.3, -0.25) is 19.5 Å². The molecule has 1 saturated heterocycles. The van der Waals surface area contributed by atoms with Crippen LogP contribution >= 0.6 is 0 Å². The highest BCUT2D eigenvalue weighted by Gasteiger charge is 2.35. The number of hydrazone groups is 1. The SMILES string of the molecule is NC(=O)C1CC(C(=O)NCC(c2ccccc2)N2CCCC2)=NN1c1ccccc1. The Hall–Kier alpha value is -3.19. The van der Waals surface area contributed by atoms with Gasteiger partial charge in [0.25, 0.3) is 5.91 Å². The van der Waals surface area contributed by atoms with Crippen LogP contribution in [-0.2, 0) is 9.59 Å². The minimum absolute atomic E-state index is 0.122. The number of nitrogens with one attached hydrogen (secondary N) is 1. The summed E-state index contributed by atoms with van der Waals surface area (Å²) in [5.74, 6) is -0.746. The number of hydrogen-bond donors (Lipinski definition) is 2. The van der Waals surface area contributed by atoms with Crippen molar-refractivity contribution in [2.24, 2.45) is 10.8 Å². The largest absolute Gasteiger partial charge is 0.368 e. The number of nitrogens with two attached hydrogens (primary N) is 1. The Morgan fingerprint density at radius 2 is 1.67 bits per heavy atom. The van der Waals surface area contributed by atoms with Crippen LogP contribution in [0.1, 0.15) is 30.9 Å². The molecule has 0 aromatic heterocycles. The first-order chi connectivity index (χ1) is 14.6. The van der Waals surface area contributed by atoms with E-state index in [-0.39, 0.29) is 18.4 Å². The summed E-state index contributed by atoms with van der Waals surface area (Å²) >= 11 is 0. The molecule has 4 rings (SSSR count). The summed E-state index contributed by atoms with van der Waals surface area (Å²) in [6.45, 7) is 2.55. The number of anilines is 1. The highest BCUT2D eigenvalue weighted by atomic mass is 16.2. The summed E-state index contributed by atoms with van der Waals surface area (Å²) in [6.07, 6.45) is 2.56. The van der Waals surface area contributed by atoms with E-state index in [2.05, 4.69) is 27.5 Å². The number of carbonyl (C=O) groups is 2. The van der Waals surface area contributed by atoms with Gasteiger partial charge in [0, 0.05) is 13.0 Å². The molecule has 2 heterocycles. The summed E-state index contributed by atoms with van der Waals surface area (Å²) in [5, 5.41) is 9.02. The van der Waals surface area contributed by atoms with E-state index in [0.717, 1.165) is 18.8 Å². The minimum atomic E-state index is -0.656. The Labute approximate surface area is 176 Å². The lowest BCUT2D eigenvalue weighted by molar-refractivity contribution is -0.119. The van der Waals surface area contributed by atoms with Crippen LogP contribution in [0.2, 0.25) is 0 Å². The van der Waals surface area contributed by atoms with Crippen molar-refractivity contribution < 1.29 is 9.59 Å². The van der Waals surface area contributed by atoms with E-state index in [1.807, 2.05) is 48.5 Å². The number of amides is 2. The zero-order valence-electron chi connectivity index (χ0n) is 16.9. The zero-order chi connectivity index (χ0) is 20.9. The lowest BCUT2D eigenvalue weighted by Gasteiger charge is -2.28. The molecule has 1 fully saturated rings. The van der Waals surface area contributed by atoms with Crippen LogP contribution in [0.3, 0.4) is 0 Å². The molecule has 2 aromatic rings. The van der Waals surface area contributed by atoms with Gasteiger partial charge in [-0.05, 0) is 43.6 Å². The van der Waals surface area contributed by atoms with Crippen LogP contribution in [0, 0.1) is 0 Å². The van der Waals surface area contributed by atoms with Crippen molar-refractivity contribution in [1.82, 2.24) is 10.2 Å².